The quantitative estimate of drug-likeness (QED) is 0.807. The number of rotatable bonds is 5. The lowest BCUT2D eigenvalue weighted by Crippen LogP contribution is -2.46. The van der Waals surface area contributed by atoms with E-state index in [1.54, 1.807) is 6.26 Å². The van der Waals surface area contributed by atoms with Crippen LogP contribution in [0.3, 0.4) is 0 Å². The Kier molecular flexibility index (Phi) is 6.00. The van der Waals surface area contributed by atoms with Gasteiger partial charge in [-0.3, -0.25) is 14.5 Å². The maximum atomic E-state index is 11.9. The van der Waals surface area contributed by atoms with Crippen molar-refractivity contribution in [3.8, 4) is 0 Å². The molecule has 0 radical (unpaired) electrons. The predicted octanol–water partition coefficient (Wildman–Crippen LogP) is 1.45. The molecule has 22 heavy (non-hydrogen) atoms. The van der Waals surface area contributed by atoms with Crippen LogP contribution in [-0.2, 0) is 9.59 Å². The van der Waals surface area contributed by atoms with Crippen LogP contribution >= 0.6 is 0 Å². The number of nitrogens with one attached hydrogen (secondary N) is 2. The molecule has 2 amide bonds. The monoisotopic (exact) mass is 307 g/mol. The number of likely N-dealkylation sites (N-methyl/N-ethyl adjacent to an activating group) is 1. The van der Waals surface area contributed by atoms with Crippen LogP contribution in [0.1, 0.15) is 43.9 Å². The van der Waals surface area contributed by atoms with Crippen molar-refractivity contribution >= 4 is 11.8 Å². The Morgan fingerprint density at radius 2 is 2.00 bits per heavy atom. The van der Waals surface area contributed by atoms with Crippen LogP contribution in [0.5, 0.6) is 0 Å². The van der Waals surface area contributed by atoms with E-state index in [1.165, 1.54) is 6.42 Å². The average Bonchev–Trinajstić information content (AvgIpc) is 3.02. The van der Waals surface area contributed by atoms with Gasteiger partial charge in [-0.05, 0) is 39.1 Å². The number of hydrogen-bond donors (Lipinski definition) is 2. The molecule has 1 aromatic heterocycles. The lowest BCUT2D eigenvalue weighted by Gasteiger charge is -2.24. The van der Waals surface area contributed by atoms with Crippen LogP contribution in [0.25, 0.3) is 0 Å². The summed E-state index contributed by atoms with van der Waals surface area (Å²) in [5.74, 6) is -0.356. The Hall–Kier alpha value is -1.82. The predicted molar refractivity (Wildman–Crippen MR) is 83.2 cm³/mol. The largest absolute Gasteiger partial charge is 0.468 e. The molecule has 6 nitrogen and oxygen atoms in total. The summed E-state index contributed by atoms with van der Waals surface area (Å²) in [6.45, 7) is 0.331. The molecule has 6 heteroatoms. The molecule has 1 heterocycles. The van der Waals surface area contributed by atoms with Crippen LogP contribution in [0, 0.1) is 0 Å². The first-order chi connectivity index (χ1) is 10.6. The second-order valence-corrected chi connectivity index (χ2v) is 6.01. The number of carbonyl (C=O) groups excluding carboxylic acids is 2. The summed E-state index contributed by atoms with van der Waals surface area (Å²) < 4.78 is 5.38. The van der Waals surface area contributed by atoms with E-state index in [0.29, 0.717) is 6.54 Å². The molecule has 1 aliphatic rings. The van der Waals surface area contributed by atoms with Crippen LogP contribution in [-0.4, -0.2) is 43.4 Å². The molecule has 0 saturated heterocycles. The molecule has 1 aliphatic carbocycles. The number of hydrogen-bond acceptors (Lipinski definition) is 4. The fourth-order valence-corrected chi connectivity index (χ4v) is 2.79. The van der Waals surface area contributed by atoms with Gasteiger partial charge in [0.15, 0.2) is 0 Å². The van der Waals surface area contributed by atoms with Crippen molar-refractivity contribution in [2.45, 2.75) is 44.2 Å². The topological polar surface area (TPSA) is 74.6 Å². The molecule has 1 atom stereocenters. The van der Waals surface area contributed by atoms with Gasteiger partial charge in [0, 0.05) is 12.6 Å². The van der Waals surface area contributed by atoms with Gasteiger partial charge in [-0.15, -0.1) is 0 Å². The number of furan rings is 1. The van der Waals surface area contributed by atoms with Gasteiger partial charge >= 0.3 is 11.8 Å². The highest BCUT2D eigenvalue weighted by atomic mass is 16.3. The van der Waals surface area contributed by atoms with Gasteiger partial charge < -0.3 is 15.1 Å². The summed E-state index contributed by atoms with van der Waals surface area (Å²) in [5, 5.41) is 5.51. The van der Waals surface area contributed by atoms with E-state index < -0.39 is 11.8 Å². The van der Waals surface area contributed by atoms with Gasteiger partial charge in [-0.1, -0.05) is 19.3 Å². The smallest absolute Gasteiger partial charge is 0.309 e. The zero-order valence-corrected chi connectivity index (χ0v) is 13.3. The highest BCUT2D eigenvalue weighted by Gasteiger charge is 2.23. The summed E-state index contributed by atoms with van der Waals surface area (Å²) >= 11 is 0. The zero-order valence-electron chi connectivity index (χ0n) is 13.3. The van der Waals surface area contributed by atoms with E-state index in [2.05, 4.69) is 10.6 Å². The fourth-order valence-electron chi connectivity index (χ4n) is 2.79. The number of carbonyl (C=O) groups is 2. The van der Waals surface area contributed by atoms with Crippen molar-refractivity contribution < 1.29 is 14.0 Å². The lowest BCUT2D eigenvalue weighted by atomic mass is 9.95. The number of nitrogens with zero attached hydrogens (tertiary/aromatic N) is 1. The van der Waals surface area contributed by atoms with Crippen LogP contribution in [0.4, 0.5) is 0 Å². The number of amides is 2. The van der Waals surface area contributed by atoms with E-state index in [0.717, 1.165) is 31.4 Å². The summed E-state index contributed by atoms with van der Waals surface area (Å²) in [7, 11) is 3.81. The highest BCUT2D eigenvalue weighted by Crippen LogP contribution is 2.18. The van der Waals surface area contributed by atoms with Crippen molar-refractivity contribution in [2.75, 3.05) is 20.6 Å². The Morgan fingerprint density at radius 1 is 1.27 bits per heavy atom. The van der Waals surface area contributed by atoms with Crippen molar-refractivity contribution in [1.29, 1.82) is 0 Å². The average molecular weight is 307 g/mol. The molecule has 1 unspecified atom stereocenters. The van der Waals surface area contributed by atoms with Gasteiger partial charge in [0.25, 0.3) is 0 Å². The summed E-state index contributed by atoms with van der Waals surface area (Å²) in [6, 6.07) is 3.71. The van der Waals surface area contributed by atoms with E-state index in [9.17, 15) is 9.59 Å². The first-order valence-corrected chi connectivity index (χ1v) is 7.86. The van der Waals surface area contributed by atoms with E-state index in [4.69, 9.17) is 4.42 Å². The van der Waals surface area contributed by atoms with Gasteiger partial charge in [-0.25, -0.2) is 0 Å². The van der Waals surface area contributed by atoms with Gasteiger partial charge in [0.2, 0.25) is 0 Å². The molecule has 2 N–H and O–H groups in total. The van der Waals surface area contributed by atoms with Gasteiger partial charge in [0.1, 0.15) is 5.76 Å². The van der Waals surface area contributed by atoms with Crippen molar-refractivity contribution in [1.82, 2.24) is 15.5 Å². The van der Waals surface area contributed by atoms with Crippen molar-refractivity contribution in [2.24, 2.45) is 0 Å². The third-order valence-corrected chi connectivity index (χ3v) is 4.10. The minimum atomic E-state index is -0.580. The minimum absolute atomic E-state index is 0.0959. The fraction of sp³-hybridized carbons (Fsp3) is 0.625. The molecule has 1 fully saturated rings. The Balaban J connectivity index is 1.81. The maximum absolute atomic E-state index is 11.9. The molecular weight excluding hydrogens is 282 g/mol. The van der Waals surface area contributed by atoms with Crippen molar-refractivity contribution in [3.05, 3.63) is 24.2 Å². The van der Waals surface area contributed by atoms with Crippen LogP contribution < -0.4 is 10.6 Å². The van der Waals surface area contributed by atoms with E-state index in [-0.39, 0.29) is 12.1 Å². The van der Waals surface area contributed by atoms with E-state index >= 15 is 0 Å². The molecule has 0 spiro atoms. The van der Waals surface area contributed by atoms with E-state index in [1.807, 2.05) is 31.1 Å². The normalized spacial score (nSPS) is 17.2. The van der Waals surface area contributed by atoms with Gasteiger partial charge in [0.05, 0.1) is 12.3 Å². The first-order valence-electron chi connectivity index (χ1n) is 7.86. The van der Waals surface area contributed by atoms with Crippen LogP contribution in [0.15, 0.2) is 22.8 Å². The second kappa shape index (κ2) is 7.98. The molecule has 1 saturated carbocycles. The Labute approximate surface area is 131 Å². The Bertz CT molecular complexity index is 479. The SMILES string of the molecule is CN(C)C(CNC(=O)C(=O)NC1CCCCC1)c1ccco1. The van der Waals surface area contributed by atoms with Gasteiger partial charge in [-0.2, -0.15) is 0 Å². The molecule has 0 bridgehead atoms. The standard InChI is InChI=1S/C16H25N3O3/c1-19(2)13(14-9-6-10-22-14)11-17-15(20)16(21)18-12-7-4-3-5-8-12/h6,9-10,12-13H,3-5,7-8,11H2,1-2H3,(H,17,20)(H,18,21). The maximum Gasteiger partial charge on any atom is 0.309 e. The third-order valence-electron chi connectivity index (χ3n) is 4.10. The third kappa shape index (κ3) is 4.59. The summed E-state index contributed by atoms with van der Waals surface area (Å²) in [5.41, 5.74) is 0. The summed E-state index contributed by atoms with van der Waals surface area (Å²) in [4.78, 5) is 25.8. The Morgan fingerprint density at radius 3 is 2.59 bits per heavy atom. The lowest BCUT2D eigenvalue weighted by molar-refractivity contribution is -0.139. The summed E-state index contributed by atoms with van der Waals surface area (Å²) in [6.07, 6.45) is 6.98. The second-order valence-electron chi connectivity index (χ2n) is 6.01. The molecular formula is C16H25N3O3. The molecule has 1 aromatic rings. The molecule has 122 valence electrons. The van der Waals surface area contributed by atoms with Crippen molar-refractivity contribution in [3.63, 3.8) is 0 Å². The molecule has 0 aromatic carbocycles. The molecule has 2 rings (SSSR count). The molecule has 0 aliphatic heterocycles. The zero-order chi connectivity index (χ0) is 15.9. The minimum Gasteiger partial charge on any atom is -0.468 e. The van der Waals surface area contributed by atoms with Crippen LogP contribution in [0.2, 0.25) is 0 Å². The first kappa shape index (κ1) is 16.5. The highest BCUT2D eigenvalue weighted by molar-refractivity contribution is 6.35.